The molecule has 0 aliphatic heterocycles. The molecule has 0 atom stereocenters. The van der Waals surface area contributed by atoms with E-state index < -0.39 is 0 Å². The van der Waals surface area contributed by atoms with E-state index in [2.05, 4.69) is 39.5 Å². The third kappa shape index (κ3) is 3.56. The summed E-state index contributed by atoms with van der Waals surface area (Å²) in [5.74, 6) is 2.64. The van der Waals surface area contributed by atoms with Crippen LogP contribution < -0.4 is 5.32 Å². The fourth-order valence-corrected chi connectivity index (χ4v) is 3.33. The first-order valence-corrected chi connectivity index (χ1v) is 10.1. The Hall–Kier alpha value is -3.55. The van der Waals surface area contributed by atoms with Gasteiger partial charge in [-0.2, -0.15) is 4.98 Å². The molecule has 1 fully saturated rings. The zero-order valence-electron chi connectivity index (χ0n) is 16.9. The molecule has 1 N–H and O–H groups in total. The number of benzene rings is 1. The molecule has 5 rings (SSSR count). The molecular formula is C22H22N6O2. The number of fused-ring (bicyclic) bond motifs is 1. The number of nitrogens with one attached hydrogen (secondary N) is 1. The number of aromatic nitrogens is 5. The number of pyridine rings is 1. The Kier molecular flexibility index (Phi) is 4.54. The van der Waals surface area contributed by atoms with Gasteiger partial charge in [0.2, 0.25) is 0 Å². The van der Waals surface area contributed by atoms with E-state index in [1.54, 1.807) is 0 Å². The molecule has 152 valence electrons. The SMILES string of the molecule is CC(C)c1ccc(C(=O)NCc2nnc3cc(-c4nc(C5CC5)no4)ccn23)cc1. The zero-order chi connectivity index (χ0) is 20.7. The summed E-state index contributed by atoms with van der Waals surface area (Å²) in [5, 5.41) is 15.4. The molecule has 0 unspecified atom stereocenters. The first-order chi connectivity index (χ1) is 14.6. The van der Waals surface area contributed by atoms with E-state index in [0.717, 1.165) is 24.2 Å². The number of carbonyl (C=O) groups excluding carboxylic acids is 1. The Morgan fingerprint density at radius 2 is 2.00 bits per heavy atom. The van der Waals surface area contributed by atoms with Gasteiger partial charge in [0.25, 0.3) is 11.8 Å². The second-order valence-electron chi connectivity index (χ2n) is 7.95. The van der Waals surface area contributed by atoms with E-state index >= 15 is 0 Å². The van der Waals surface area contributed by atoms with Crippen molar-refractivity contribution in [3.63, 3.8) is 0 Å². The molecule has 1 amide bonds. The molecule has 1 saturated carbocycles. The quantitative estimate of drug-likeness (QED) is 0.528. The number of rotatable bonds is 6. The van der Waals surface area contributed by atoms with Gasteiger partial charge in [0, 0.05) is 23.2 Å². The Balaban J connectivity index is 1.29. The Morgan fingerprint density at radius 1 is 1.20 bits per heavy atom. The first kappa shape index (κ1) is 18.5. The van der Waals surface area contributed by atoms with E-state index in [1.165, 1.54) is 5.56 Å². The van der Waals surface area contributed by atoms with Crippen molar-refractivity contribution < 1.29 is 9.32 Å². The second kappa shape index (κ2) is 7.37. The monoisotopic (exact) mass is 402 g/mol. The Bertz CT molecular complexity index is 1200. The summed E-state index contributed by atoms with van der Waals surface area (Å²) >= 11 is 0. The molecule has 30 heavy (non-hydrogen) atoms. The molecule has 0 bridgehead atoms. The molecule has 1 aromatic carbocycles. The minimum absolute atomic E-state index is 0.142. The lowest BCUT2D eigenvalue weighted by molar-refractivity contribution is 0.0949. The van der Waals surface area contributed by atoms with Gasteiger partial charge in [0.15, 0.2) is 17.3 Å². The topological polar surface area (TPSA) is 98.2 Å². The van der Waals surface area contributed by atoms with E-state index in [9.17, 15) is 4.79 Å². The van der Waals surface area contributed by atoms with E-state index in [4.69, 9.17) is 4.52 Å². The normalized spacial score (nSPS) is 13.8. The van der Waals surface area contributed by atoms with Gasteiger partial charge in [-0.15, -0.1) is 10.2 Å². The van der Waals surface area contributed by atoms with E-state index in [1.807, 2.05) is 47.0 Å². The van der Waals surface area contributed by atoms with Crippen LogP contribution in [0.25, 0.3) is 17.1 Å². The van der Waals surface area contributed by atoms with Gasteiger partial charge in [0.05, 0.1) is 6.54 Å². The number of carbonyl (C=O) groups is 1. The maximum Gasteiger partial charge on any atom is 0.258 e. The number of hydrogen-bond donors (Lipinski definition) is 1. The van der Waals surface area contributed by atoms with Crippen molar-refractivity contribution in [2.24, 2.45) is 0 Å². The lowest BCUT2D eigenvalue weighted by atomic mass is 10.0. The Labute approximate surface area is 173 Å². The molecule has 3 heterocycles. The van der Waals surface area contributed by atoms with Crippen LogP contribution in [0.3, 0.4) is 0 Å². The van der Waals surface area contributed by atoms with Crippen LogP contribution in [0.4, 0.5) is 0 Å². The lowest BCUT2D eigenvalue weighted by Gasteiger charge is -2.07. The molecule has 1 aliphatic rings. The number of amides is 1. The highest BCUT2D eigenvalue weighted by Gasteiger charge is 2.29. The van der Waals surface area contributed by atoms with Crippen LogP contribution in [0.5, 0.6) is 0 Å². The highest BCUT2D eigenvalue weighted by Crippen LogP contribution is 2.38. The molecule has 4 aromatic rings. The fraction of sp³-hybridized carbons (Fsp3) is 0.318. The highest BCUT2D eigenvalue weighted by molar-refractivity contribution is 5.94. The maximum atomic E-state index is 12.5. The smallest absolute Gasteiger partial charge is 0.258 e. The van der Waals surface area contributed by atoms with Crippen LogP contribution in [0.1, 0.15) is 66.1 Å². The second-order valence-corrected chi connectivity index (χ2v) is 7.95. The standard InChI is InChI=1S/C22H22N6O2/c1-13(2)14-3-7-16(8-4-14)21(29)23-12-19-26-25-18-11-17(9-10-28(18)19)22-24-20(27-30-22)15-5-6-15/h3-4,7-11,13,15H,5-6,12H2,1-2H3,(H,23,29). The minimum atomic E-state index is -0.142. The van der Waals surface area contributed by atoms with Crippen molar-refractivity contribution in [1.82, 2.24) is 30.1 Å². The van der Waals surface area contributed by atoms with Crippen molar-refractivity contribution in [1.29, 1.82) is 0 Å². The van der Waals surface area contributed by atoms with Gasteiger partial charge in [-0.1, -0.05) is 31.1 Å². The molecule has 8 heteroatoms. The van der Waals surface area contributed by atoms with Gasteiger partial charge in [-0.25, -0.2) is 0 Å². The summed E-state index contributed by atoms with van der Waals surface area (Å²) in [7, 11) is 0. The summed E-state index contributed by atoms with van der Waals surface area (Å²) < 4.78 is 7.22. The van der Waals surface area contributed by atoms with Crippen LogP contribution in [0.15, 0.2) is 47.1 Å². The predicted molar refractivity (Wildman–Crippen MR) is 110 cm³/mol. The molecule has 0 saturated heterocycles. The summed E-state index contributed by atoms with van der Waals surface area (Å²) in [5.41, 5.74) is 3.29. The summed E-state index contributed by atoms with van der Waals surface area (Å²) in [6.07, 6.45) is 4.10. The number of nitrogens with zero attached hydrogens (tertiary/aromatic N) is 5. The molecule has 0 spiro atoms. The average molecular weight is 402 g/mol. The van der Waals surface area contributed by atoms with Gasteiger partial charge < -0.3 is 9.84 Å². The van der Waals surface area contributed by atoms with Crippen molar-refractivity contribution >= 4 is 11.6 Å². The van der Waals surface area contributed by atoms with Crippen LogP contribution >= 0.6 is 0 Å². The zero-order valence-corrected chi connectivity index (χ0v) is 16.9. The number of hydrogen-bond acceptors (Lipinski definition) is 6. The van der Waals surface area contributed by atoms with Crippen molar-refractivity contribution in [2.75, 3.05) is 0 Å². The van der Waals surface area contributed by atoms with Gasteiger partial charge in [-0.3, -0.25) is 9.20 Å². The molecule has 0 radical (unpaired) electrons. The van der Waals surface area contributed by atoms with Gasteiger partial charge in [-0.05, 0) is 48.6 Å². The molecule has 1 aliphatic carbocycles. The van der Waals surface area contributed by atoms with Crippen molar-refractivity contribution in [3.8, 4) is 11.5 Å². The lowest BCUT2D eigenvalue weighted by Crippen LogP contribution is -2.24. The van der Waals surface area contributed by atoms with E-state index in [0.29, 0.717) is 34.8 Å². The predicted octanol–water partition coefficient (Wildman–Crippen LogP) is 3.71. The minimum Gasteiger partial charge on any atom is -0.345 e. The van der Waals surface area contributed by atoms with Gasteiger partial charge >= 0.3 is 0 Å². The third-order valence-electron chi connectivity index (χ3n) is 5.36. The van der Waals surface area contributed by atoms with Crippen LogP contribution in [-0.2, 0) is 6.54 Å². The van der Waals surface area contributed by atoms with Crippen LogP contribution in [0.2, 0.25) is 0 Å². The third-order valence-corrected chi connectivity index (χ3v) is 5.36. The summed E-state index contributed by atoms with van der Waals surface area (Å²) in [4.78, 5) is 16.9. The van der Waals surface area contributed by atoms with Crippen molar-refractivity contribution in [3.05, 3.63) is 65.4 Å². The maximum absolute atomic E-state index is 12.5. The average Bonchev–Trinajstić information content (AvgIpc) is 3.35. The van der Waals surface area contributed by atoms with Crippen molar-refractivity contribution in [2.45, 2.75) is 45.1 Å². The summed E-state index contributed by atoms with van der Waals surface area (Å²) in [6, 6.07) is 11.4. The van der Waals surface area contributed by atoms with Crippen LogP contribution in [0, 0.1) is 0 Å². The molecule has 3 aromatic heterocycles. The Morgan fingerprint density at radius 3 is 2.73 bits per heavy atom. The highest BCUT2D eigenvalue weighted by atomic mass is 16.5. The largest absolute Gasteiger partial charge is 0.345 e. The fourth-order valence-electron chi connectivity index (χ4n) is 3.33. The molecular weight excluding hydrogens is 380 g/mol. The first-order valence-electron chi connectivity index (χ1n) is 10.1. The van der Waals surface area contributed by atoms with E-state index in [-0.39, 0.29) is 12.5 Å². The molecule has 8 nitrogen and oxygen atoms in total. The van der Waals surface area contributed by atoms with Gasteiger partial charge in [0.1, 0.15) is 0 Å². The van der Waals surface area contributed by atoms with Crippen LogP contribution in [-0.4, -0.2) is 30.6 Å². The summed E-state index contributed by atoms with van der Waals surface area (Å²) in [6.45, 7) is 4.53.